The Bertz CT molecular complexity index is 1150. The first-order valence-electron chi connectivity index (χ1n) is 8.52. The average molecular weight is 437 g/mol. The zero-order valence-electron chi connectivity index (χ0n) is 15.3. The van der Waals surface area contributed by atoms with Crippen LogP contribution in [0.25, 0.3) is 11.3 Å². The summed E-state index contributed by atoms with van der Waals surface area (Å²) in [5.41, 5.74) is 2.76. The van der Waals surface area contributed by atoms with E-state index in [0.717, 1.165) is 29.0 Å². The number of aryl methyl sites for hydroxylation is 1. The van der Waals surface area contributed by atoms with Crippen molar-refractivity contribution in [2.75, 3.05) is 11.9 Å². The maximum absolute atomic E-state index is 13.2. The SMILES string of the molecule is Cc1ccccc1-c1csc(NC(=O)CCNS(=O)(=O)c2ccc(F)c(F)c2)n1. The molecule has 3 aromatic rings. The highest BCUT2D eigenvalue weighted by atomic mass is 32.2. The van der Waals surface area contributed by atoms with E-state index in [1.807, 2.05) is 36.6 Å². The molecular weight excluding hydrogens is 420 g/mol. The molecule has 1 aromatic heterocycles. The van der Waals surface area contributed by atoms with E-state index in [0.29, 0.717) is 11.2 Å². The Morgan fingerprint density at radius 3 is 2.62 bits per heavy atom. The summed E-state index contributed by atoms with van der Waals surface area (Å²) in [4.78, 5) is 16.0. The van der Waals surface area contributed by atoms with Gasteiger partial charge in [-0.15, -0.1) is 11.3 Å². The fourth-order valence-corrected chi connectivity index (χ4v) is 4.29. The highest BCUT2D eigenvalue weighted by molar-refractivity contribution is 7.89. The highest BCUT2D eigenvalue weighted by Crippen LogP contribution is 2.27. The number of carbonyl (C=O) groups is 1. The van der Waals surface area contributed by atoms with Gasteiger partial charge in [0.15, 0.2) is 16.8 Å². The molecule has 3 rings (SSSR count). The molecule has 0 saturated heterocycles. The van der Waals surface area contributed by atoms with E-state index in [1.54, 1.807) is 0 Å². The molecule has 0 aliphatic rings. The van der Waals surface area contributed by atoms with E-state index in [4.69, 9.17) is 0 Å². The number of hydrogen-bond donors (Lipinski definition) is 2. The average Bonchev–Trinajstić information content (AvgIpc) is 3.12. The van der Waals surface area contributed by atoms with E-state index in [9.17, 15) is 22.0 Å². The summed E-state index contributed by atoms with van der Waals surface area (Å²) in [7, 11) is -4.05. The van der Waals surface area contributed by atoms with Crippen LogP contribution in [0.5, 0.6) is 0 Å². The first-order valence-corrected chi connectivity index (χ1v) is 10.9. The second-order valence-corrected chi connectivity index (χ2v) is 8.75. The summed E-state index contributed by atoms with van der Waals surface area (Å²) in [6.45, 7) is 1.76. The van der Waals surface area contributed by atoms with Crippen molar-refractivity contribution in [3.63, 3.8) is 0 Å². The predicted molar refractivity (Wildman–Crippen MR) is 107 cm³/mol. The third-order valence-electron chi connectivity index (χ3n) is 4.02. The largest absolute Gasteiger partial charge is 0.302 e. The molecule has 1 heterocycles. The first-order chi connectivity index (χ1) is 13.8. The number of aromatic nitrogens is 1. The fraction of sp³-hybridized carbons (Fsp3) is 0.158. The van der Waals surface area contributed by atoms with Crippen LogP contribution in [0.15, 0.2) is 52.7 Å². The van der Waals surface area contributed by atoms with Gasteiger partial charge < -0.3 is 5.32 Å². The quantitative estimate of drug-likeness (QED) is 0.590. The Morgan fingerprint density at radius 2 is 1.90 bits per heavy atom. The number of halogens is 2. The third kappa shape index (κ3) is 5.22. The van der Waals surface area contributed by atoms with Gasteiger partial charge in [-0.2, -0.15) is 0 Å². The van der Waals surface area contributed by atoms with Crippen LogP contribution in [0, 0.1) is 18.6 Å². The van der Waals surface area contributed by atoms with Crippen LogP contribution in [0.3, 0.4) is 0 Å². The van der Waals surface area contributed by atoms with Gasteiger partial charge >= 0.3 is 0 Å². The van der Waals surface area contributed by atoms with Gasteiger partial charge in [0, 0.05) is 23.9 Å². The first kappa shape index (κ1) is 21.0. The van der Waals surface area contributed by atoms with Gasteiger partial charge in [0.2, 0.25) is 15.9 Å². The van der Waals surface area contributed by atoms with E-state index in [-0.39, 0.29) is 13.0 Å². The number of hydrogen-bond acceptors (Lipinski definition) is 5. The lowest BCUT2D eigenvalue weighted by atomic mass is 10.1. The Balaban J connectivity index is 1.55. The van der Waals surface area contributed by atoms with E-state index < -0.39 is 32.5 Å². The van der Waals surface area contributed by atoms with Crippen LogP contribution in [0.4, 0.5) is 13.9 Å². The van der Waals surface area contributed by atoms with Crippen molar-refractivity contribution >= 4 is 32.4 Å². The molecular formula is C19H17F2N3O3S2. The Hall–Kier alpha value is -2.69. The lowest BCUT2D eigenvalue weighted by Crippen LogP contribution is -2.28. The van der Waals surface area contributed by atoms with Crippen molar-refractivity contribution < 1.29 is 22.0 Å². The molecule has 0 radical (unpaired) electrons. The molecule has 0 atom stereocenters. The zero-order valence-corrected chi connectivity index (χ0v) is 16.9. The molecule has 0 unspecified atom stereocenters. The molecule has 0 saturated carbocycles. The Labute approximate surface area is 170 Å². The normalized spacial score (nSPS) is 11.4. The smallest absolute Gasteiger partial charge is 0.240 e. The van der Waals surface area contributed by atoms with E-state index >= 15 is 0 Å². The van der Waals surface area contributed by atoms with Crippen LogP contribution in [0.1, 0.15) is 12.0 Å². The predicted octanol–water partition coefficient (Wildman–Crippen LogP) is 3.70. The molecule has 29 heavy (non-hydrogen) atoms. The van der Waals surface area contributed by atoms with Gasteiger partial charge in [0.05, 0.1) is 10.6 Å². The van der Waals surface area contributed by atoms with Gasteiger partial charge in [-0.1, -0.05) is 24.3 Å². The zero-order chi connectivity index (χ0) is 21.0. The van der Waals surface area contributed by atoms with Crippen LogP contribution >= 0.6 is 11.3 Å². The molecule has 6 nitrogen and oxygen atoms in total. The van der Waals surface area contributed by atoms with Gasteiger partial charge in [0.1, 0.15) is 0 Å². The van der Waals surface area contributed by atoms with Crippen molar-refractivity contribution in [1.82, 2.24) is 9.71 Å². The molecule has 0 fully saturated rings. The molecule has 0 bridgehead atoms. The van der Waals surface area contributed by atoms with Crippen molar-refractivity contribution in [3.8, 4) is 11.3 Å². The van der Waals surface area contributed by atoms with E-state index in [1.165, 1.54) is 11.3 Å². The maximum atomic E-state index is 13.2. The van der Waals surface area contributed by atoms with Crippen LogP contribution in [-0.2, 0) is 14.8 Å². The number of benzene rings is 2. The van der Waals surface area contributed by atoms with Gasteiger partial charge in [-0.25, -0.2) is 26.9 Å². The number of nitrogens with zero attached hydrogens (tertiary/aromatic N) is 1. The Morgan fingerprint density at radius 1 is 1.14 bits per heavy atom. The van der Waals surface area contributed by atoms with Crippen molar-refractivity contribution in [3.05, 3.63) is 65.0 Å². The van der Waals surface area contributed by atoms with Gasteiger partial charge in [0.25, 0.3) is 0 Å². The third-order valence-corrected chi connectivity index (χ3v) is 6.23. The second-order valence-electron chi connectivity index (χ2n) is 6.12. The number of carbonyl (C=O) groups excluding carboxylic acids is 1. The number of rotatable bonds is 7. The summed E-state index contributed by atoms with van der Waals surface area (Å²) in [5.74, 6) is -2.83. The molecule has 1 amide bonds. The van der Waals surface area contributed by atoms with Gasteiger partial charge in [-0.05, 0) is 30.7 Å². The van der Waals surface area contributed by atoms with Crippen molar-refractivity contribution in [2.24, 2.45) is 0 Å². The molecule has 2 aromatic carbocycles. The topological polar surface area (TPSA) is 88.2 Å². The summed E-state index contributed by atoms with van der Waals surface area (Å²) >= 11 is 1.26. The number of amides is 1. The molecule has 0 aliphatic carbocycles. The van der Waals surface area contributed by atoms with E-state index in [2.05, 4.69) is 15.0 Å². The summed E-state index contributed by atoms with van der Waals surface area (Å²) in [6, 6.07) is 9.98. The number of sulfonamides is 1. The second kappa shape index (κ2) is 8.76. The van der Waals surface area contributed by atoms with Crippen LogP contribution in [0.2, 0.25) is 0 Å². The summed E-state index contributed by atoms with van der Waals surface area (Å²) in [6.07, 6.45) is -0.151. The number of anilines is 1. The van der Waals surface area contributed by atoms with Crippen LogP contribution < -0.4 is 10.0 Å². The lowest BCUT2D eigenvalue weighted by Gasteiger charge is -2.07. The minimum atomic E-state index is -4.05. The molecule has 10 heteroatoms. The standard InChI is InChI=1S/C19H17F2N3O3S2/c1-12-4-2-3-5-14(12)17-11-28-19(23-17)24-18(25)8-9-22-29(26,27)13-6-7-15(20)16(21)10-13/h2-7,10-11,22H,8-9H2,1H3,(H,23,24,25). The summed E-state index contributed by atoms with van der Waals surface area (Å²) in [5, 5.41) is 4.84. The summed E-state index contributed by atoms with van der Waals surface area (Å²) < 4.78 is 52.5. The monoisotopic (exact) mass is 437 g/mol. The molecule has 2 N–H and O–H groups in total. The van der Waals surface area contributed by atoms with Gasteiger partial charge in [-0.3, -0.25) is 4.79 Å². The minimum Gasteiger partial charge on any atom is -0.302 e. The van der Waals surface area contributed by atoms with Crippen molar-refractivity contribution in [2.45, 2.75) is 18.2 Å². The minimum absolute atomic E-state index is 0.151. The molecule has 152 valence electrons. The Kier molecular flexibility index (Phi) is 6.36. The number of nitrogens with one attached hydrogen (secondary N) is 2. The van der Waals surface area contributed by atoms with Crippen LogP contribution in [-0.4, -0.2) is 25.9 Å². The fourth-order valence-electron chi connectivity index (χ4n) is 2.52. The lowest BCUT2D eigenvalue weighted by molar-refractivity contribution is -0.116. The molecule has 0 aliphatic heterocycles. The number of thiazole rings is 1. The maximum Gasteiger partial charge on any atom is 0.240 e. The molecule has 0 spiro atoms. The highest BCUT2D eigenvalue weighted by Gasteiger charge is 2.17. The van der Waals surface area contributed by atoms with Crippen molar-refractivity contribution in [1.29, 1.82) is 0 Å².